The van der Waals surface area contributed by atoms with E-state index in [0.717, 1.165) is 16.9 Å². The summed E-state index contributed by atoms with van der Waals surface area (Å²) in [4.78, 5) is 16.3. The molecule has 3 aromatic rings. The van der Waals surface area contributed by atoms with Crippen molar-refractivity contribution in [2.75, 3.05) is 26.9 Å². The van der Waals surface area contributed by atoms with Gasteiger partial charge in [0.15, 0.2) is 11.5 Å². The molecule has 1 heterocycles. The summed E-state index contributed by atoms with van der Waals surface area (Å²) >= 11 is 0. The highest BCUT2D eigenvalue weighted by atomic mass is 16.5. The zero-order chi connectivity index (χ0) is 23.3. The van der Waals surface area contributed by atoms with Gasteiger partial charge in [-0.05, 0) is 48.4 Å². The highest BCUT2D eigenvalue weighted by molar-refractivity contribution is 5.91. The number of carbonyl (C=O) groups is 1. The number of amides is 1. The molecule has 0 radical (unpaired) electrons. The van der Waals surface area contributed by atoms with Gasteiger partial charge in [0.25, 0.3) is 0 Å². The number of nitrogens with zero attached hydrogens (tertiary/aromatic N) is 1. The predicted octanol–water partition coefficient (Wildman–Crippen LogP) is 4.28. The van der Waals surface area contributed by atoms with Gasteiger partial charge >= 0.3 is 0 Å². The Hall–Kier alpha value is -4.00. The monoisotopic (exact) mass is 448 g/mol. The molecule has 1 amide bonds. The number of para-hydroxylation sites is 1. The standard InChI is InChI=1S/C26H28N2O5/c1-3-31-24-17-20(9-12-23(24)33-16-15-32-22-7-5-4-6-8-22)10-13-25(29)27-18-21-11-14-26(30-2)28-19-21/h4-14,17,19H,3,15-16,18H2,1-2H3,(H,27,29)/b13-10+. The molecule has 2 aromatic carbocycles. The minimum absolute atomic E-state index is 0.206. The maximum atomic E-state index is 12.2. The lowest BCUT2D eigenvalue weighted by molar-refractivity contribution is -0.116. The number of hydrogen-bond donors (Lipinski definition) is 1. The van der Waals surface area contributed by atoms with E-state index in [0.29, 0.717) is 43.7 Å². The topological polar surface area (TPSA) is 78.9 Å². The van der Waals surface area contributed by atoms with Crippen LogP contribution in [-0.2, 0) is 11.3 Å². The molecule has 0 aliphatic rings. The van der Waals surface area contributed by atoms with Crippen molar-refractivity contribution in [3.63, 3.8) is 0 Å². The summed E-state index contributed by atoms with van der Waals surface area (Å²) < 4.78 is 22.2. The van der Waals surface area contributed by atoms with Gasteiger partial charge in [-0.1, -0.05) is 30.3 Å². The number of pyridine rings is 1. The molecule has 172 valence electrons. The van der Waals surface area contributed by atoms with Crippen LogP contribution < -0.4 is 24.3 Å². The van der Waals surface area contributed by atoms with Crippen molar-refractivity contribution in [1.29, 1.82) is 0 Å². The lowest BCUT2D eigenvalue weighted by Gasteiger charge is -2.13. The van der Waals surface area contributed by atoms with Gasteiger partial charge in [-0.3, -0.25) is 4.79 Å². The van der Waals surface area contributed by atoms with E-state index in [9.17, 15) is 4.79 Å². The number of rotatable bonds is 12. The van der Waals surface area contributed by atoms with Crippen LogP contribution in [-0.4, -0.2) is 37.8 Å². The number of methoxy groups -OCH3 is 1. The second-order valence-corrected chi connectivity index (χ2v) is 6.91. The molecule has 1 N–H and O–H groups in total. The summed E-state index contributed by atoms with van der Waals surface area (Å²) in [6, 6.07) is 18.7. The Bertz CT molecular complexity index is 1040. The lowest BCUT2D eigenvalue weighted by atomic mass is 10.2. The van der Waals surface area contributed by atoms with Crippen LogP contribution in [0.2, 0.25) is 0 Å². The molecule has 0 atom stereocenters. The number of benzene rings is 2. The molecular formula is C26H28N2O5. The maximum Gasteiger partial charge on any atom is 0.244 e. The lowest BCUT2D eigenvalue weighted by Crippen LogP contribution is -2.20. The molecule has 0 bridgehead atoms. The molecule has 3 rings (SSSR count). The third-order valence-electron chi connectivity index (χ3n) is 4.52. The molecule has 33 heavy (non-hydrogen) atoms. The van der Waals surface area contributed by atoms with Gasteiger partial charge in [0.05, 0.1) is 13.7 Å². The van der Waals surface area contributed by atoms with Crippen molar-refractivity contribution in [2.45, 2.75) is 13.5 Å². The molecule has 1 aromatic heterocycles. The maximum absolute atomic E-state index is 12.2. The zero-order valence-electron chi connectivity index (χ0n) is 18.8. The van der Waals surface area contributed by atoms with Gasteiger partial charge in [0.1, 0.15) is 19.0 Å². The first-order valence-electron chi connectivity index (χ1n) is 10.7. The van der Waals surface area contributed by atoms with Gasteiger partial charge < -0.3 is 24.3 Å². The SMILES string of the molecule is CCOc1cc(/C=C/C(=O)NCc2ccc(OC)nc2)ccc1OCCOc1ccccc1. The first-order valence-corrected chi connectivity index (χ1v) is 10.7. The Labute approximate surface area is 194 Å². The van der Waals surface area contributed by atoms with Crippen LogP contribution in [0.4, 0.5) is 0 Å². The smallest absolute Gasteiger partial charge is 0.244 e. The molecule has 0 saturated carbocycles. The molecule has 0 aliphatic heterocycles. The highest BCUT2D eigenvalue weighted by Crippen LogP contribution is 2.29. The number of carbonyl (C=O) groups excluding carboxylic acids is 1. The van der Waals surface area contributed by atoms with Gasteiger partial charge in [-0.2, -0.15) is 0 Å². The molecule has 0 saturated heterocycles. The summed E-state index contributed by atoms with van der Waals surface area (Å²) in [7, 11) is 1.56. The average molecular weight is 449 g/mol. The normalized spacial score (nSPS) is 10.6. The number of nitrogens with one attached hydrogen (secondary N) is 1. The van der Waals surface area contributed by atoms with Crippen molar-refractivity contribution in [3.05, 3.63) is 84.1 Å². The fourth-order valence-corrected chi connectivity index (χ4v) is 2.90. The van der Waals surface area contributed by atoms with Crippen molar-refractivity contribution < 1.29 is 23.7 Å². The van der Waals surface area contributed by atoms with Crippen LogP contribution in [0.15, 0.2) is 72.9 Å². The van der Waals surface area contributed by atoms with Crippen molar-refractivity contribution in [1.82, 2.24) is 10.3 Å². The number of ether oxygens (including phenoxy) is 4. The largest absolute Gasteiger partial charge is 0.490 e. The third-order valence-corrected chi connectivity index (χ3v) is 4.52. The summed E-state index contributed by atoms with van der Waals surface area (Å²) in [6.45, 7) is 3.59. The Morgan fingerprint density at radius 1 is 0.970 bits per heavy atom. The third kappa shape index (κ3) is 7.88. The van der Waals surface area contributed by atoms with Crippen LogP contribution in [0.25, 0.3) is 6.08 Å². The van der Waals surface area contributed by atoms with E-state index in [2.05, 4.69) is 10.3 Å². The minimum Gasteiger partial charge on any atom is -0.490 e. The summed E-state index contributed by atoms with van der Waals surface area (Å²) in [5, 5.41) is 2.83. The molecule has 0 unspecified atom stereocenters. The van der Waals surface area contributed by atoms with Crippen molar-refractivity contribution in [2.24, 2.45) is 0 Å². The Kier molecular flexibility index (Phi) is 9.15. The average Bonchev–Trinajstić information content (AvgIpc) is 2.86. The van der Waals surface area contributed by atoms with E-state index in [1.165, 1.54) is 6.08 Å². The Morgan fingerprint density at radius 2 is 1.79 bits per heavy atom. The Balaban J connectivity index is 1.51. The molecule has 0 aliphatic carbocycles. The van der Waals surface area contributed by atoms with E-state index in [1.807, 2.05) is 61.5 Å². The zero-order valence-corrected chi connectivity index (χ0v) is 18.8. The van der Waals surface area contributed by atoms with Crippen LogP contribution in [0.5, 0.6) is 23.1 Å². The van der Waals surface area contributed by atoms with E-state index in [1.54, 1.807) is 25.4 Å². The van der Waals surface area contributed by atoms with Crippen LogP contribution in [0.3, 0.4) is 0 Å². The van der Waals surface area contributed by atoms with Crippen LogP contribution in [0, 0.1) is 0 Å². The van der Waals surface area contributed by atoms with Gasteiger partial charge in [-0.25, -0.2) is 4.98 Å². The second-order valence-electron chi connectivity index (χ2n) is 6.91. The van der Waals surface area contributed by atoms with Gasteiger partial charge in [0, 0.05) is 24.9 Å². The summed E-state index contributed by atoms with van der Waals surface area (Å²) in [5.41, 5.74) is 1.71. The predicted molar refractivity (Wildman–Crippen MR) is 127 cm³/mol. The first-order chi connectivity index (χ1) is 16.2. The number of aromatic nitrogens is 1. The molecule has 7 nitrogen and oxygen atoms in total. The van der Waals surface area contributed by atoms with E-state index in [-0.39, 0.29) is 5.91 Å². The highest BCUT2D eigenvalue weighted by Gasteiger charge is 2.07. The van der Waals surface area contributed by atoms with Gasteiger partial charge in [0.2, 0.25) is 11.8 Å². The molecular weight excluding hydrogens is 420 g/mol. The quantitative estimate of drug-likeness (QED) is 0.329. The van der Waals surface area contributed by atoms with Crippen molar-refractivity contribution >= 4 is 12.0 Å². The first kappa shape index (κ1) is 23.7. The molecule has 7 heteroatoms. The van der Waals surface area contributed by atoms with E-state index < -0.39 is 0 Å². The Morgan fingerprint density at radius 3 is 2.52 bits per heavy atom. The summed E-state index contributed by atoms with van der Waals surface area (Å²) in [5.74, 6) is 2.37. The van der Waals surface area contributed by atoms with Crippen molar-refractivity contribution in [3.8, 4) is 23.1 Å². The fraction of sp³-hybridized carbons (Fsp3) is 0.231. The van der Waals surface area contributed by atoms with Crippen LogP contribution in [0.1, 0.15) is 18.1 Å². The van der Waals surface area contributed by atoms with Gasteiger partial charge in [-0.15, -0.1) is 0 Å². The molecule has 0 spiro atoms. The molecule has 0 fully saturated rings. The van der Waals surface area contributed by atoms with E-state index in [4.69, 9.17) is 18.9 Å². The fourth-order valence-electron chi connectivity index (χ4n) is 2.90. The number of hydrogen-bond acceptors (Lipinski definition) is 6. The second kappa shape index (κ2) is 12.8. The van der Waals surface area contributed by atoms with Crippen LogP contribution >= 0.6 is 0 Å². The van der Waals surface area contributed by atoms with E-state index >= 15 is 0 Å². The summed E-state index contributed by atoms with van der Waals surface area (Å²) in [6.07, 6.45) is 4.88. The minimum atomic E-state index is -0.206.